The minimum atomic E-state index is -1.23. The van der Waals surface area contributed by atoms with Gasteiger partial charge in [-0.1, -0.05) is 20.8 Å². The van der Waals surface area contributed by atoms with Crippen LogP contribution in [0.2, 0.25) is 0 Å². The first kappa shape index (κ1) is 15.6. The van der Waals surface area contributed by atoms with Crippen molar-refractivity contribution >= 4 is 5.78 Å². The van der Waals surface area contributed by atoms with Gasteiger partial charge in [0.25, 0.3) is 0 Å². The summed E-state index contributed by atoms with van der Waals surface area (Å²) in [7, 11) is 0. The zero-order chi connectivity index (χ0) is 15.5. The van der Waals surface area contributed by atoms with Crippen molar-refractivity contribution in [2.45, 2.75) is 85.3 Å². The summed E-state index contributed by atoms with van der Waals surface area (Å²) in [5.74, 6) is -0.0559. The van der Waals surface area contributed by atoms with Crippen LogP contribution in [0.3, 0.4) is 0 Å². The predicted octanol–water partition coefficient (Wildman–Crippen LogP) is 2.88. The molecule has 3 heteroatoms. The topological polar surface area (TPSA) is 55.1 Å². The molecule has 0 aliphatic rings. The molecular weight excluding hydrogens is 224 g/mol. The Kier molecular flexibility index (Phi) is 5.80. The summed E-state index contributed by atoms with van der Waals surface area (Å²) in [5.41, 5.74) is 4.96. The number of nitrogens with one attached hydrogen (secondary N) is 1. The van der Waals surface area contributed by atoms with Gasteiger partial charge in [-0.2, -0.15) is 0 Å². The van der Waals surface area contributed by atoms with Crippen molar-refractivity contribution in [1.82, 2.24) is 5.32 Å². The maximum absolute atomic E-state index is 12.6. The van der Waals surface area contributed by atoms with E-state index in [1.807, 2.05) is 48.5 Å². The number of hydrogen-bond acceptors (Lipinski definition) is 3. The molecule has 0 saturated carbocycles. The van der Waals surface area contributed by atoms with Gasteiger partial charge in [0.1, 0.15) is 0 Å². The summed E-state index contributed by atoms with van der Waals surface area (Å²) in [4.78, 5) is 12.6. The molecule has 0 rings (SSSR count). The van der Waals surface area contributed by atoms with Gasteiger partial charge in [-0.3, -0.25) is 4.79 Å². The molecule has 3 nitrogen and oxygen atoms in total. The van der Waals surface area contributed by atoms with Crippen molar-refractivity contribution in [3.63, 3.8) is 0 Å². The Bertz CT molecular complexity index is 302. The van der Waals surface area contributed by atoms with Crippen LogP contribution in [0.5, 0.6) is 0 Å². The van der Waals surface area contributed by atoms with Gasteiger partial charge in [-0.15, -0.1) is 0 Å². The highest BCUT2D eigenvalue weighted by molar-refractivity contribution is 5.88. The van der Waals surface area contributed by atoms with Gasteiger partial charge in [0.05, 0.1) is 7.39 Å². The molecule has 3 N–H and O–H groups in total. The second kappa shape index (κ2) is 6.67. The van der Waals surface area contributed by atoms with E-state index in [1.54, 1.807) is 0 Å². The zero-order valence-electron chi connectivity index (χ0n) is 14.2. The van der Waals surface area contributed by atoms with E-state index in [0.717, 1.165) is 12.8 Å². The van der Waals surface area contributed by atoms with Crippen LogP contribution in [0.4, 0.5) is 0 Å². The first-order valence-electron chi connectivity index (χ1n) is 7.38. The molecule has 0 spiro atoms. The number of carbonyl (C=O) groups is 1. The highest BCUT2D eigenvalue weighted by atomic mass is 16.1. The average molecular weight is 257 g/mol. The third-order valence-electron chi connectivity index (χ3n) is 2.57. The van der Waals surface area contributed by atoms with E-state index in [-0.39, 0.29) is 17.4 Å². The Morgan fingerprint density at radius 3 is 2.06 bits per heavy atom. The van der Waals surface area contributed by atoms with Gasteiger partial charge in [-0.05, 0) is 47.0 Å². The van der Waals surface area contributed by atoms with Gasteiger partial charge in [0, 0.05) is 17.0 Å². The molecule has 108 valence electrons. The van der Waals surface area contributed by atoms with E-state index < -0.39 is 11.4 Å². The molecule has 0 aromatic rings. The average Bonchev–Trinajstić information content (AvgIpc) is 2.11. The largest absolute Gasteiger partial charge is 0.328 e. The SMILES string of the molecule is [2H][C@@](CCCC(C)N)(NC(C)(C)C)C(=O)C(C)(C)C. The number of ketones is 1. The first-order chi connectivity index (χ1) is 8.28. The quantitative estimate of drug-likeness (QED) is 0.769. The third-order valence-corrected chi connectivity index (χ3v) is 2.57. The smallest absolute Gasteiger partial charge is 0.155 e. The molecule has 0 aliphatic carbocycles. The molecule has 0 heterocycles. The van der Waals surface area contributed by atoms with Crippen LogP contribution in [0, 0.1) is 5.41 Å². The molecule has 1 unspecified atom stereocenters. The molecule has 0 fully saturated rings. The molecule has 18 heavy (non-hydrogen) atoms. The Morgan fingerprint density at radius 2 is 1.72 bits per heavy atom. The zero-order valence-corrected chi connectivity index (χ0v) is 13.2. The predicted molar refractivity (Wildman–Crippen MR) is 78.6 cm³/mol. The summed E-state index contributed by atoms with van der Waals surface area (Å²) < 4.78 is 8.58. The van der Waals surface area contributed by atoms with E-state index in [0.29, 0.717) is 6.42 Å². The second-order valence-electron chi connectivity index (χ2n) is 7.30. The van der Waals surface area contributed by atoms with E-state index in [2.05, 4.69) is 5.32 Å². The maximum Gasteiger partial charge on any atom is 0.155 e. The Hall–Kier alpha value is -0.410. The number of carbonyl (C=O) groups excluding carboxylic acids is 1. The fourth-order valence-corrected chi connectivity index (χ4v) is 1.74. The van der Waals surface area contributed by atoms with Crippen LogP contribution in [0.15, 0.2) is 0 Å². The molecule has 0 aliphatic heterocycles. The summed E-state index contributed by atoms with van der Waals surface area (Å²) in [6.07, 6.45) is 2.12. The Morgan fingerprint density at radius 1 is 1.22 bits per heavy atom. The van der Waals surface area contributed by atoms with E-state index >= 15 is 0 Å². The van der Waals surface area contributed by atoms with Crippen LogP contribution >= 0.6 is 0 Å². The monoisotopic (exact) mass is 257 g/mol. The number of hydrogen-bond donors (Lipinski definition) is 2. The maximum atomic E-state index is 12.6. The van der Waals surface area contributed by atoms with Crippen molar-refractivity contribution in [2.75, 3.05) is 0 Å². The Labute approximate surface area is 114 Å². The summed E-state index contributed by atoms with van der Waals surface area (Å²) in [6.45, 7) is 13.5. The molecule has 0 saturated heterocycles. The van der Waals surface area contributed by atoms with E-state index in [4.69, 9.17) is 7.10 Å². The second-order valence-corrected chi connectivity index (χ2v) is 7.30. The highest BCUT2D eigenvalue weighted by Crippen LogP contribution is 2.21. The van der Waals surface area contributed by atoms with Crippen molar-refractivity contribution in [2.24, 2.45) is 11.1 Å². The minimum Gasteiger partial charge on any atom is -0.328 e. The number of Topliss-reactive ketones (excluding diaryl/α,β-unsaturated/α-hetero) is 1. The molecule has 0 bridgehead atoms. The Balaban J connectivity index is 4.98. The van der Waals surface area contributed by atoms with Crippen molar-refractivity contribution in [3.05, 3.63) is 0 Å². The van der Waals surface area contributed by atoms with Crippen molar-refractivity contribution in [1.29, 1.82) is 0 Å². The van der Waals surface area contributed by atoms with E-state index in [9.17, 15) is 4.79 Å². The van der Waals surface area contributed by atoms with Crippen molar-refractivity contribution < 1.29 is 6.17 Å². The van der Waals surface area contributed by atoms with Crippen molar-refractivity contribution in [3.8, 4) is 0 Å². The summed E-state index contributed by atoms with van der Waals surface area (Å²) in [6, 6.07) is -1.12. The standard InChI is InChI=1S/C15H32N2O/c1-11(16)9-8-10-12(17-15(5,6)7)13(18)14(2,3)4/h11-12,17H,8-10,16H2,1-7H3/t11?,12-/m0/s1/i12D. The molecule has 0 radical (unpaired) electrons. The van der Waals surface area contributed by atoms with Gasteiger partial charge < -0.3 is 11.1 Å². The molecule has 0 aromatic heterocycles. The number of nitrogens with two attached hydrogens (primary N) is 1. The van der Waals surface area contributed by atoms with Crippen LogP contribution in [-0.2, 0) is 4.79 Å². The lowest BCUT2D eigenvalue weighted by Crippen LogP contribution is -2.50. The lowest BCUT2D eigenvalue weighted by atomic mass is 9.83. The lowest BCUT2D eigenvalue weighted by Gasteiger charge is -2.32. The number of rotatable bonds is 6. The van der Waals surface area contributed by atoms with Gasteiger partial charge in [0.2, 0.25) is 0 Å². The normalized spacial score (nSPS) is 19.0. The van der Waals surface area contributed by atoms with Gasteiger partial charge >= 0.3 is 0 Å². The summed E-state index contributed by atoms with van der Waals surface area (Å²) >= 11 is 0. The minimum absolute atomic E-state index is 0.0559. The van der Waals surface area contributed by atoms with Crippen LogP contribution in [0.1, 0.15) is 69.1 Å². The van der Waals surface area contributed by atoms with Gasteiger partial charge in [0.15, 0.2) is 5.78 Å². The third kappa shape index (κ3) is 7.83. The van der Waals surface area contributed by atoms with Crippen LogP contribution in [-0.4, -0.2) is 23.4 Å². The first-order valence-corrected chi connectivity index (χ1v) is 6.88. The van der Waals surface area contributed by atoms with Crippen LogP contribution in [0.25, 0.3) is 0 Å². The molecule has 0 aromatic carbocycles. The highest BCUT2D eigenvalue weighted by Gasteiger charge is 2.31. The fraction of sp³-hybridized carbons (Fsp3) is 0.933. The van der Waals surface area contributed by atoms with E-state index in [1.165, 1.54) is 0 Å². The van der Waals surface area contributed by atoms with Crippen LogP contribution < -0.4 is 11.1 Å². The molecular formula is C15H32N2O. The van der Waals surface area contributed by atoms with Gasteiger partial charge in [-0.25, -0.2) is 0 Å². The molecule has 0 amide bonds. The fourth-order valence-electron chi connectivity index (χ4n) is 1.74. The molecule has 2 atom stereocenters. The summed E-state index contributed by atoms with van der Waals surface area (Å²) in [5, 5.41) is 3.19. The lowest BCUT2D eigenvalue weighted by molar-refractivity contribution is -0.129.